The molecule has 42 heavy (non-hydrogen) atoms. The minimum Gasteiger partial charge on any atom is -0.506 e. The van der Waals surface area contributed by atoms with E-state index in [4.69, 9.17) is 14.2 Å². The molecule has 0 aliphatic rings. The van der Waals surface area contributed by atoms with Crippen molar-refractivity contribution in [3.05, 3.63) is 95.3 Å². The second-order valence-corrected chi connectivity index (χ2v) is 9.61. The van der Waals surface area contributed by atoms with Crippen LogP contribution in [0.4, 0.5) is 10.1 Å². The number of benzene rings is 2. The van der Waals surface area contributed by atoms with Crippen molar-refractivity contribution in [2.24, 2.45) is 0 Å². The van der Waals surface area contributed by atoms with E-state index >= 15 is 0 Å². The van der Waals surface area contributed by atoms with Gasteiger partial charge in [-0.3, -0.25) is 14.8 Å². The summed E-state index contributed by atoms with van der Waals surface area (Å²) in [5.74, 6) is 0.485. The minimum atomic E-state index is -0.528. The van der Waals surface area contributed by atoms with Crippen LogP contribution in [-0.2, 0) is 4.74 Å². The number of aryl methyl sites for hydroxylation is 3. The number of hydrogen-bond acceptors (Lipinski definition) is 8. The second-order valence-electron chi connectivity index (χ2n) is 9.61. The molecule has 2 aromatic carbocycles. The molecule has 0 aliphatic carbocycles. The van der Waals surface area contributed by atoms with Crippen LogP contribution in [0.5, 0.6) is 23.0 Å². The molecule has 0 fully saturated rings. The fraction of sp³-hybridized carbons (Fsp3) is 0.188. The molecule has 0 spiro atoms. The van der Waals surface area contributed by atoms with Gasteiger partial charge in [-0.2, -0.15) is 0 Å². The van der Waals surface area contributed by atoms with E-state index in [2.05, 4.69) is 20.3 Å². The number of aromatic nitrogens is 3. The Balaban J connectivity index is 1.34. The zero-order valence-corrected chi connectivity index (χ0v) is 23.6. The molecule has 0 saturated carbocycles. The van der Waals surface area contributed by atoms with Crippen molar-refractivity contribution in [1.82, 2.24) is 15.0 Å². The molecule has 9 nitrogen and oxygen atoms in total. The molecular formula is C32H29FN4O5. The fourth-order valence-electron chi connectivity index (χ4n) is 4.65. The molecule has 1 amide bonds. The smallest absolute Gasteiger partial charge is 0.261 e. The first-order valence-electron chi connectivity index (χ1n) is 13.2. The molecule has 10 heteroatoms. The molecule has 5 aromatic rings. The zero-order valence-electron chi connectivity index (χ0n) is 23.6. The molecule has 0 radical (unpaired) electrons. The average molecular weight is 569 g/mol. The molecule has 2 N–H and O–H groups in total. The summed E-state index contributed by atoms with van der Waals surface area (Å²) < 4.78 is 30.4. The van der Waals surface area contributed by atoms with Crippen molar-refractivity contribution in [2.45, 2.75) is 20.8 Å². The number of carbonyl (C=O) groups is 1. The minimum absolute atomic E-state index is 0.0413. The van der Waals surface area contributed by atoms with Crippen molar-refractivity contribution in [3.63, 3.8) is 0 Å². The fourth-order valence-corrected chi connectivity index (χ4v) is 4.65. The first-order chi connectivity index (χ1) is 20.2. The third-order valence-electron chi connectivity index (χ3n) is 6.63. The van der Waals surface area contributed by atoms with E-state index in [0.717, 1.165) is 0 Å². The predicted octanol–water partition coefficient (Wildman–Crippen LogP) is 6.53. The van der Waals surface area contributed by atoms with E-state index in [9.17, 15) is 14.3 Å². The molecule has 3 heterocycles. The van der Waals surface area contributed by atoms with Gasteiger partial charge >= 0.3 is 0 Å². The number of aromatic hydroxyl groups is 1. The van der Waals surface area contributed by atoms with Crippen LogP contribution in [0, 0.1) is 26.6 Å². The van der Waals surface area contributed by atoms with Gasteiger partial charge < -0.3 is 24.6 Å². The third kappa shape index (κ3) is 5.98. The van der Waals surface area contributed by atoms with Crippen LogP contribution in [0.3, 0.4) is 0 Å². The second kappa shape index (κ2) is 12.2. The maximum Gasteiger partial charge on any atom is 0.261 e. The quantitative estimate of drug-likeness (QED) is 0.193. The van der Waals surface area contributed by atoms with Crippen LogP contribution in [0.2, 0.25) is 0 Å². The van der Waals surface area contributed by atoms with Crippen molar-refractivity contribution in [1.29, 1.82) is 0 Å². The summed E-state index contributed by atoms with van der Waals surface area (Å²) in [5.41, 5.74) is 4.22. The lowest BCUT2D eigenvalue weighted by Crippen LogP contribution is -2.15. The molecule has 0 atom stereocenters. The highest BCUT2D eigenvalue weighted by Crippen LogP contribution is 2.38. The first kappa shape index (κ1) is 28.4. The van der Waals surface area contributed by atoms with E-state index in [1.54, 1.807) is 82.7 Å². The van der Waals surface area contributed by atoms with Crippen LogP contribution < -0.4 is 14.8 Å². The SMILES string of the molecule is COCCOc1cnc2c(Oc3ccc(NC(=O)c4c(C)nc(C)c(-c5ccc(F)cc5C)c4O)cc3)ccnc2c1. The largest absolute Gasteiger partial charge is 0.506 e. The summed E-state index contributed by atoms with van der Waals surface area (Å²) in [7, 11) is 1.61. The van der Waals surface area contributed by atoms with Gasteiger partial charge in [-0.05, 0) is 68.3 Å². The number of anilines is 1. The monoisotopic (exact) mass is 568 g/mol. The summed E-state index contributed by atoms with van der Waals surface area (Å²) in [5, 5.41) is 14.0. The number of amides is 1. The number of methoxy groups -OCH3 is 1. The summed E-state index contributed by atoms with van der Waals surface area (Å²) in [6.45, 7) is 5.99. The Bertz CT molecular complexity index is 1780. The Labute approximate surface area is 242 Å². The molecule has 0 saturated heterocycles. The van der Waals surface area contributed by atoms with Gasteiger partial charge in [0.2, 0.25) is 0 Å². The highest BCUT2D eigenvalue weighted by molar-refractivity contribution is 6.08. The van der Waals surface area contributed by atoms with Gasteiger partial charge in [0.05, 0.1) is 24.0 Å². The lowest BCUT2D eigenvalue weighted by molar-refractivity contribution is 0.102. The van der Waals surface area contributed by atoms with Crippen LogP contribution in [-0.4, -0.2) is 46.3 Å². The highest BCUT2D eigenvalue weighted by atomic mass is 19.1. The number of rotatable bonds is 9. The average Bonchev–Trinajstić information content (AvgIpc) is 2.95. The summed E-state index contributed by atoms with van der Waals surface area (Å²) in [6.07, 6.45) is 3.23. The Kier molecular flexibility index (Phi) is 8.26. The number of nitrogens with zero attached hydrogens (tertiary/aromatic N) is 3. The van der Waals surface area contributed by atoms with Gasteiger partial charge in [-0.15, -0.1) is 0 Å². The van der Waals surface area contributed by atoms with Crippen LogP contribution in [0.15, 0.2) is 67.0 Å². The summed E-state index contributed by atoms with van der Waals surface area (Å²) >= 11 is 0. The van der Waals surface area contributed by atoms with Gasteiger partial charge in [0, 0.05) is 42.4 Å². The molecule has 214 valence electrons. The van der Waals surface area contributed by atoms with Crippen LogP contribution in [0.1, 0.15) is 27.3 Å². The van der Waals surface area contributed by atoms with Gasteiger partial charge in [-0.25, -0.2) is 9.37 Å². The zero-order chi connectivity index (χ0) is 29.8. The van der Waals surface area contributed by atoms with Crippen molar-refractivity contribution in [3.8, 4) is 34.1 Å². The maximum absolute atomic E-state index is 13.7. The van der Waals surface area contributed by atoms with Crippen LogP contribution in [0.25, 0.3) is 22.2 Å². The molecule has 5 rings (SSSR count). The highest BCUT2D eigenvalue weighted by Gasteiger charge is 2.23. The third-order valence-corrected chi connectivity index (χ3v) is 6.63. The molecular weight excluding hydrogens is 539 g/mol. The van der Waals surface area contributed by atoms with Crippen molar-refractivity contribution >= 4 is 22.6 Å². The summed E-state index contributed by atoms with van der Waals surface area (Å²) in [4.78, 5) is 26.6. The predicted molar refractivity (Wildman–Crippen MR) is 157 cm³/mol. The molecule has 0 bridgehead atoms. The Hall–Kier alpha value is -5.09. The van der Waals surface area contributed by atoms with Gasteiger partial charge in [0.1, 0.15) is 40.8 Å². The number of ether oxygens (including phenoxy) is 3. The number of pyridine rings is 3. The lowest BCUT2D eigenvalue weighted by Gasteiger charge is -2.16. The first-order valence-corrected chi connectivity index (χ1v) is 13.2. The van der Waals surface area contributed by atoms with Crippen molar-refractivity contribution < 1.29 is 28.5 Å². The van der Waals surface area contributed by atoms with Crippen molar-refractivity contribution in [2.75, 3.05) is 25.6 Å². The number of halogens is 1. The van der Waals surface area contributed by atoms with E-state index in [1.807, 2.05) is 0 Å². The number of nitrogens with one attached hydrogen (secondary N) is 1. The lowest BCUT2D eigenvalue weighted by atomic mass is 9.95. The van der Waals surface area contributed by atoms with Gasteiger partial charge in [0.25, 0.3) is 5.91 Å². The maximum atomic E-state index is 13.7. The molecule has 0 aliphatic heterocycles. The molecule has 3 aromatic heterocycles. The Morgan fingerprint density at radius 3 is 2.48 bits per heavy atom. The van der Waals surface area contributed by atoms with E-state index < -0.39 is 5.91 Å². The normalized spacial score (nSPS) is 11.0. The number of fused-ring (bicyclic) bond motifs is 1. The topological polar surface area (TPSA) is 116 Å². The van der Waals surface area contributed by atoms with Crippen LogP contribution >= 0.6 is 0 Å². The Morgan fingerprint density at radius 1 is 0.952 bits per heavy atom. The number of carbonyl (C=O) groups excluding carboxylic acids is 1. The van der Waals surface area contributed by atoms with E-state index in [-0.39, 0.29) is 17.1 Å². The standard InChI is InChI=1S/C32H29FN4O5/c1-18-15-21(33)5-10-25(18)28-19(2)36-20(3)29(31(28)38)32(39)37-22-6-8-23(9-7-22)42-27-11-12-34-26-16-24(17-35-30(26)27)41-14-13-40-4/h5-12,15-17H,13-14H2,1-4H3,(H,36,38)(H,37,39). The molecule has 0 unspecified atom stereocenters. The number of hydrogen-bond donors (Lipinski definition) is 2. The summed E-state index contributed by atoms with van der Waals surface area (Å²) in [6, 6.07) is 14.5. The van der Waals surface area contributed by atoms with E-state index in [0.29, 0.717) is 75.3 Å². The van der Waals surface area contributed by atoms with Gasteiger partial charge in [-0.1, -0.05) is 6.07 Å². The van der Waals surface area contributed by atoms with Gasteiger partial charge in [0.15, 0.2) is 5.75 Å². The Morgan fingerprint density at radius 2 is 1.74 bits per heavy atom. The van der Waals surface area contributed by atoms with E-state index in [1.165, 1.54) is 12.1 Å².